The number of alkyl halides is 1. The molecule has 0 heterocycles. The third kappa shape index (κ3) is 2.06. The Balaban J connectivity index is 3.37. The molecule has 1 rings (SSSR count). The van der Waals surface area contributed by atoms with E-state index in [1.54, 1.807) is 19.9 Å². The molecule has 0 unspecified atom stereocenters. The largest absolute Gasteiger partial charge is 0.399 e. The lowest BCUT2D eigenvalue weighted by atomic mass is 9.90. The topological polar surface area (TPSA) is 26.0 Å². The highest BCUT2D eigenvalue weighted by Gasteiger charge is 2.22. The van der Waals surface area contributed by atoms with Gasteiger partial charge in [-0.1, -0.05) is 6.92 Å². The molecular weight excluding hydrogens is 177 g/mol. The molecule has 0 saturated carbocycles. The molecule has 0 aliphatic rings. The minimum atomic E-state index is -1.32. The summed E-state index contributed by atoms with van der Waals surface area (Å²) < 4.78 is 13.8. The molecule has 2 heteroatoms. The molecule has 0 aliphatic heterocycles. The molecule has 14 heavy (non-hydrogen) atoms. The van der Waals surface area contributed by atoms with Gasteiger partial charge in [0.2, 0.25) is 0 Å². The molecule has 2 N–H and O–H groups in total. The molecular formula is C12H18FN. The summed E-state index contributed by atoms with van der Waals surface area (Å²) in [5.74, 6) is 0. The van der Waals surface area contributed by atoms with Gasteiger partial charge in [-0.15, -0.1) is 0 Å². The van der Waals surface area contributed by atoms with Crippen molar-refractivity contribution >= 4 is 5.69 Å². The molecule has 1 aromatic rings. The summed E-state index contributed by atoms with van der Waals surface area (Å²) in [5.41, 5.74) is 7.92. The van der Waals surface area contributed by atoms with Crippen molar-refractivity contribution in [2.75, 3.05) is 5.73 Å². The maximum Gasteiger partial charge on any atom is 0.130 e. The fourth-order valence-electron chi connectivity index (χ4n) is 1.78. The smallest absolute Gasteiger partial charge is 0.130 e. The van der Waals surface area contributed by atoms with E-state index in [1.807, 2.05) is 13.0 Å². The summed E-state index contributed by atoms with van der Waals surface area (Å²) in [6.07, 6.45) is 0.889. The SMILES string of the molecule is CCc1cc(N)cc(C(C)(C)F)c1C. The van der Waals surface area contributed by atoms with E-state index >= 15 is 0 Å². The van der Waals surface area contributed by atoms with Crippen molar-refractivity contribution in [2.45, 2.75) is 39.8 Å². The van der Waals surface area contributed by atoms with Crippen molar-refractivity contribution in [2.24, 2.45) is 0 Å². The van der Waals surface area contributed by atoms with E-state index in [0.717, 1.165) is 17.5 Å². The summed E-state index contributed by atoms with van der Waals surface area (Å²) in [6.45, 7) is 7.13. The highest BCUT2D eigenvalue weighted by Crippen LogP contribution is 2.31. The number of hydrogen-bond acceptors (Lipinski definition) is 1. The summed E-state index contributed by atoms with van der Waals surface area (Å²) in [6, 6.07) is 3.65. The highest BCUT2D eigenvalue weighted by atomic mass is 19.1. The van der Waals surface area contributed by atoms with Gasteiger partial charge in [-0.3, -0.25) is 0 Å². The van der Waals surface area contributed by atoms with Crippen molar-refractivity contribution in [3.8, 4) is 0 Å². The number of hydrogen-bond donors (Lipinski definition) is 1. The second-order valence-electron chi connectivity index (χ2n) is 4.18. The maximum atomic E-state index is 13.8. The van der Waals surface area contributed by atoms with Crippen molar-refractivity contribution in [3.05, 3.63) is 28.8 Å². The monoisotopic (exact) mass is 195 g/mol. The quantitative estimate of drug-likeness (QED) is 0.719. The van der Waals surface area contributed by atoms with E-state index in [0.29, 0.717) is 11.3 Å². The van der Waals surface area contributed by atoms with Gasteiger partial charge >= 0.3 is 0 Å². The Morgan fingerprint density at radius 3 is 2.36 bits per heavy atom. The van der Waals surface area contributed by atoms with Gasteiger partial charge < -0.3 is 5.73 Å². The van der Waals surface area contributed by atoms with Gasteiger partial charge in [0.05, 0.1) is 0 Å². The predicted molar refractivity (Wildman–Crippen MR) is 59.1 cm³/mol. The van der Waals surface area contributed by atoms with Crippen LogP contribution < -0.4 is 5.73 Å². The highest BCUT2D eigenvalue weighted by molar-refractivity contribution is 5.51. The van der Waals surface area contributed by atoms with E-state index in [4.69, 9.17) is 5.73 Å². The molecule has 1 nitrogen and oxygen atoms in total. The standard InChI is InChI=1S/C12H18FN/c1-5-9-6-10(14)7-11(8(9)2)12(3,4)13/h6-7H,5,14H2,1-4H3. The number of rotatable bonds is 2. The molecule has 1 aromatic carbocycles. The first-order valence-electron chi connectivity index (χ1n) is 4.94. The predicted octanol–water partition coefficient (Wildman–Crippen LogP) is 3.34. The number of benzene rings is 1. The zero-order chi connectivity index (χ0) is 10.9. The second kappa shape index (κ2) is 3.60. The maximum absolute atomic E-state index is 13.8. The summed E-state index contributed by atoms with van der Waals surface area (Å²) in [7, 11) is 0. The molecule has 0 saturated heterocycles. The molecule has 0 amide bonds. The minimum Gasteiger partial charge on any atom is -0.399 e. The third-order valence-electron chi connectivity index (χ3n) is 2.56. The van der Waals surface area contributed by atoms with Gasteiger partial charge in [0, 0.05) is 5.69 Å². The van der Waals surface area contributed by atoms with Crippen LogP contribution in [0.15, 0.2) is 12.1 Å². The molecule has 78 valence electrons. The minimum absolute atomic E-state index is 0.646. The van der Waals surface area contributed by atoms with Crippen LogP contribution in [0.5, 0.6) is 0 Å². The number of nitrogen functional groups attached to an aromatic ring is 1. The molecule has 0 atom stereocenters. The van der Waals surface area contributed by atoms with Gasteiger partial charge in [0.15, 0.2) is 0 Å². The van der Waals surface area contributed by atoms with Crippen molar-refractivity contribution in [1.82, 2.24) is 0 Å². The number of aryl methyl sites for hydroxylation is 1. The molecule has 0 fully saturated rings. The van der Waals surface area contributed by atoms with Crippen molar-refractivity contribution < 1.29 is 4.39 Å². The van der Waals surface area contributed by atoms with Crippen LogP contribution in [0.3, 0.4) is 0 Å². The third-order valence-corrected chi connectivity index (χ3v) is 2.56. The van der Waals surface area contributed by atoms with Crippen LogP contribution in [0.4, 0.5) is 10.1 Å². The average molecular weight is 195 g/mol. The molecule has 0 aromatic heterocycles. The fraction of sp³-hybridized carbons (Fsp3) is 0.500. The number of halogens is 1. The van der Waals surface area contributed by atoms with Crippen LogP contribution >= 0.6 is 0 Å². The first kappa shape index (κ1) is 11.0. The molecule has 0 spiro atoms. The van der Waals surface area contributed by atoms with E-state index < -0.39 is 5.67 Å². The lowest BCUT2D eigenvalue weighted by molar-refractivity contribution is 0.220. The van der Waals surface area contributed by atoms with Crippen molar-refractivity contribution in [3.63, 3.8) is 0 Å². The normalized spacial score (nSPS) is 11.8. The molecule has 0 aliphatic carbocycles. The number of nitrogens with two attached hydrogens (primary N) is 1. The van der Waals surface area contributed by atoms with Gasteiger partial charge in [0.25, 0.3) is 0 Å². The fourth-order valence-corrected chi connectivity index (χ4v) is 1.78. The van der Waals surface area contributed by atoms with Gasteiger partial charge in [-0.2, -0.15) is 0 Å². The van der Waals surface area contributed by atoms with Crippen LogP contribution in [0.1, 0.15) is 37.5 Å². The lowest BCUT2D eigenvalue weighted by Crippen LogP contribution is -2.13. The Labute approximate surface area is 85.1 Å². The number of anilines is 1. The van der Waals surface area contributed by atoms with Crippen LogP contribution in [-0.4, -0.2) is 0 Å². The van der Waals surface area contributed by atoms with Crippen LogP contribution in [0.2, 0.25) is 0 Å². The Morgan fingerprint density at radius 2 is 1.93 bits per heavy atom. The van der Waals surface area contributed by atoms with Crippen LogP contribution in [0.25, 0.3) is 0 Å². The summed E-state index contributed by atoms with van der Waals surface area (Å²) in [4.78, 5) is 0. The van der Waals surface area contributed by atoms with Gasteiger partial charge in [0.1, 0.15) is 5.67 Å². The molecule has 0 bridgehead atoms. The van der Waals surface area contributed by atoms with E-state index in [2.05, 4.69) is 6.92 Å². The molecule has 0 radical (unpaired) electrons. The van der Waals surface area contributed by atoms with E-state index in [-0.39, 0.29) is 0 Å². The Hall–Kier alpha value is -1.05. The Bertz CT molecular complexity index is 337. The average Bonchev–Trinajstić information content (AvgIpc) is 2.06. The van der Waals surface area contributed by atoms with Crippen molar-refractivity contribution in [1.29, 1.82) is 0 Å². The first-order valence-corrected chi connectivity index (χ1v) is 4.94. The van der Waals surface area contributed by atoms with Crippen LogP contribution in [-0.2, 0) is 12.1 Å². The van der Waals surface area contributed by atoms with E-state index in [1.165, 1.54) is 0 Å². The summed E-state index contributed by atoms with van der Waals surface area (Å²) >= 11 is 0. The summed E-state index contributed by atoms with van der Waals surface area (Å²) in [5, 5.41) is 0. The lowest BCUT2D eigenvalue weighted by Gasteiger charge is -2.20. The van der Waals surface area contributed by atoms with Crippen LogP contribution in [0, 0.1) is 6.92 Å². The zero-order valence-corrected chi connectivity index (χ0v) is 9.32. The van der Waals surface area contributed by atoms with Gasteiger partial charge in [-0.05, 0) is 56.0 Å². The first-order chi connectivity index (χ1) is 6.36. The second-order valence-corrected chi connectivity index (χ2v) is 4.18. The Kier molecular flexibility index (Phi) is 2.84. The Morgan fingerprint density at radius 1 is 1.36 bits per heavy atom. The zero-order valence-electron chi connectivity index (χ0n) is 9.32. The van der Waals surface area contributed by atoms with E-state index in [9.17, 15) is 4.39 Å². The van der Waals surface area contributed by atoms with Gasteiger partial charge in [-0.25, -0.2) is 4.39 Å².